The summed E-state index contributed by atoms with van der Waals surface area (Å²) in [5.41, 5.74) is 2.98. The molecular formula is C21H18N4O3S. The first-order valence-electron chi connectivity index (χ1n) is 8.85. The molecule has 146 valence electrons. The predicted octanol–water partition coefficient (Wildman–Crippen LogP) is 3.78. The molecule has 0 aliphatic rings. The fourth-order valence-electron chi connectivity index (χ4n) is 2.77. The van der Waals surface area contributed by atoms with Crippen LogP contribution in [0.15, 0.2) is 65.8 Å². The molecule has 0 spiro atoms. The fraction of sp³-hybridized carbons (Fsp3) is 0.143. The molecule has 0 aliphatic carbocycles. The number of thioether (sulfide) groups is 1. The molecule has 0 saturated heterocycles. The van der Waals surface area contributed by atoms with Crippen molar-refractivity contribution in [3.63, 3.8) is 0 Å². The van der Waals surface area contributed by atoms with E-state index in [9.17, 15) is 4.79 Å². The van der Waals surface area contributed by atoms with E-state index in [4.69, 9.17) is 9.47 Å². The van der Waals surface area contributed by atoms with Crippen LogP contribution in [0.5, 0.6) is 11.5 Å². The van der Waals surface area contributed by atoms with E-state index in [1.54, 1.807) is 43.0 Å². The van der Waals surface area contributed by atoms with Gasteiger partial charge in [0.15, 0.2) is 11.4 Å². The zero-order chi connectivity index (χ0) is 20.2. The maximum absolute atomic E-state index is 12.5. The highest BCUT2D eigenvalue weighted by Gasteiger charge is 2.13. The molecule has 0 atom stereocenters. The third kappa shape index (κ3) is 4.07. The third-order valence-corrected chi connectivity index (χ3v) is 5.28. The quantitative estimate of drug-likeness (QED) is 0.341. The van der Waals surface area contributed by atoms with Gasteiger partial charge in [-0.2, -0.15) is 9.61 Å². The summed E-state index contributed by atoms with van der Waals surface area (Å²) in [6, 6.07) is 18.5. The Morgan fingerprint density at radius 1 is 0.897 bits per heavy atom. The summed E-state index contributed by atoms with van der Waals surface area (Å²) in [6.07, 6.45) is 0. The lowest BCUT2D eigenvalue weighted by atomic mass is 10.1. The van der Waals surface area contributed by atoms with Crippen LogP contribution in [0.2, 0.25) is 0 Å². The van der Waals surface area contributed by atoms with E-state index in [0.29, 0.717) is 22.1 Å². The number of hydrogen-bond acceptors (Lipinski definition) is 7. The summed E-state index contributed by atoms with van der Waals surface area (Å²) in [5, 5.41) is 13.5. The van der Waals surface area contributed by atoms with E-state index in [2.05, 4.69) is 15.3 Å². The van der Waals surface area contributed by atoms with Crippen molar-refractivity contribution in [2.75, 3.05) is 20.0 Å². The van der Waals surface area contributed by atoms with Crippen molar-refractivity contribution >= 4 is 23.2 Å². The number of methoxy groups -OCH3 is 2. The average molecular weight is 406 g/mol. The third-order valence-electron chi connectivity index (χ3n) is 4.36. The number of fused-ring (bicyclic) bond motifs is 1. The van der Waals surface area contributed by atoms with Crippen molar-refractivity contribution in [3.8, 4) is 22.8 Å². The molecule has 7 nitrogen and oxygen atoms in total. The Kier molecular flexibility index (Phi) is 5.44. The first-order valence-corrected chi connectivity index (χ1v) is 9.83. The lowest BCUT2D eigenvalue weighted by Gasteiger charge is -2.05. The lowest BCUT2D eigenvalue weighted by molar-refractivity contribution is 0.102. The standard InChI is InChI=1S/C21H18N4O3S/c1-27-16-7-3-14(4-8-16)18-11-12-20-22-23-21(25(20)24-18)29-13-19(26)15-5-9-17(28-2)10-6-15/h3-12H,13H2,1-2H3. The topological polar surface area (TPSA) is 78.6 Å². The molecule has 0 unspecified atom stereocenters. The second kappa shape index (κ2) is 8.32. The summed E-state index contributed by atoms with van der Waals surface area (Å²) in [5.74, 6) is 1.74. The summed E-state index contributed by atoms with van der Waals surface area (Å²) in [4.78, 5) is 12.5. The number of ether oxygens (including phenoxy) is 2. The Labute approximate surface area is 171 Å². The summed E-state index contributed by atoms with van der Waals surface area (Å²) in [7, 11) is 3.23. The number of hydrogen-bond donors (Lipinski definition) is 0. The molecule has 0 N–H and O–H groups in total. The Hall–Kier alpha value is -3.39. The van der Waals surface area contributed by atoms with Gasteiger partial charge in [-0.15, -0.1) is 10.2 Å². The van der Waals surface area contributed by atoms with Crippen molar-refractivity contribution in [1.29, 1.82) is 0 Å². The smallest absolute Gasteiger partial charge is 0.212 e. The van der Waals surface area contributed by atoms with E-state index < -0.39 is 0 Å². The summed E-state index contributed by atoms with van der Waals surface area (Å²) in [6.45, 7) is 0. The Bertz CT molecular complexity index is 1140. The number of carbonyl (C=O) groups excluding carboxylic acids is 1. The summed E-state index contributed by atoms with van der Waals surface area (Å²) < 4.78 is 12.0. The van der Waals surface area contributed by atoms with E-state index in [0.717, 1.165) is 17.0 Å². The van der Waals surface area contributed by atoms with Gasteiger partial charge in [0.2, 0.25) is 5.16 Å². The van der Waals surface area contributed by atoms with Gasteiger partial charge in [0.1, 0.15) is 11.5 Å². The largest absolute Gasteiger partial charge is 0.497 e. The van der Waals surface area contributed by atoms with Crippen LogP contribution >= 0.6 is 11.8 Å². The monoisotopic (exact) mass is 406 g/mol. The van der Waals surface area contributed by atoms with Crippen LogP contribution in [0.3, 0.4) is 0 Å². The molecule has 0 radical (unpaired) electrons. The molecule has 8 heteroatoms. The van der Waals surface area contributed by atoms with Crippen LogP contribution < -0.4 is 9.47 Å². The summed E-state index contributed by atoms with van der Waals surface area (Å²) >= 11 is 1.31. The van der Waals surface area contributed by atoms with Crippen LogP contribution in [-0.4, -0.2) is 45.6 Å². The molecule has 2 heterocycles. The van der Waals surface area contributed by atoms with Gasteiger partial charge in [-0.1, -0.05) is 11.8 Å². The van der Waals surface area contributed by atoms with Gasteiger partial charge in [-0.05, 0) is 60.7 Å². The minimum absolute atomic E-state index is 0.000659. The SMILES string of the molecule is COc1ccc(C(=O)CSc2nnc3ccc(-c4ccc(OC)cc4)nn23)cc1. The van der Waals surface area contributed by atoms with Crippen LogP contribution in [0, 0.1) is 0 Å². The molecule has 0 saturated carbocycles. The molecule has 2 aromatic carbocycles. The van der Waals surface area contributed by atoms with Crippen LogP contribution in [0.1, 0.15) is 10.4 Å². The molecule has 4 aromatic rings. The Morgan fingerprint density at radius 3 is 2.21 bits per heavy atom. The van der Waals surface area contributed by atoms with Gasteiger partial charge in [0.25, 0.3) is 0 Å². The zero-order valence-corrected chi connectivity index (χ0v) is 16.7. The van der Waals surface area contributed by atoms with E-state index in [1.807, 2.05) is 36.4 Å². The number of rotatable bonds is 7. The number of nitrogens with zero attached hydrogens (tertiary/aromatic N) is 4. The van der Waals surface area contributed by atoms with Crippen LogP contribution in [0.4, 0.5) is 0 Å². The molecule has 0 bridgehead atoms. The van der Waals surface area contributed by atoms with E-state index in [-0.39, 0.29) is 11.5 Å². The fourth-order valence-corrected chi connectivity index (χ4v) is 3.55. The average Bonchev–Trinajstić information content (AvgIpc) is 3.19. The molecule has 2 aromatic heterocycles. The van der Waals surface area contributed by atoms with Crippen LogP contribution in [0.25, 0.3) is 16.9 Å². The first kappa shape index (κ1) is 18.9. The van der Waals surface area contributed by atoms with Crippen molar-refractivity contribution in [1.82, 2.24) is 19.8 Å². The number of ketones is 1. The highest BCUT2D eigenvalue weighted by Crippen LogP contribution is 2.23. The lowest BCUT2D eigenvalue weighted by Crippen LogP contribution is -2.04. The minimum Gasteiger partial charge on any atom is -0.497 e. The second-order valence-electron chi connectivity index (χ2n) is 6.14. The molecule has 0 aliphatic heterocycles. The van der Waals surface area contributed by atoms with Gasteiger partial charge in [-0.25, -0.2) is 0 Å². The maximum Gasteiger partial charge on any atom is 0.212 e. The number of Topliss-reactive ketones (excluding diaryl/α,β-unsaturated/α-hetero) is 1. The first-order chi connectivity index (χ1) is 14.2. The predicted molar refractivity (Wildman–Crippen MR) is 111 cm³/mol. The Balaban J connectivity index is 1.53. The molecule has 4 rings (SSSR count). The van der Waals surface area contributed by atoms with E-state index in [1.165, 1.54) is 11.8 Å². The van der Waals surface area contributed by atoms with Crippen molar-refractivity contribution in [2.45, 2.75) is 5.16 Å². The van der Waals surface area contributed by atoms with Gasteiger partial charge < -0.3 is 9.47 Å². The molecule has 29 heavy (non-hydrogen) atoms. The molecular weight excluding hydrogens is 388 g/mol. The minimum atomic E-state index is 0.000659. The van der Waals surface area contributed by atoms with Crippen molar-refractivity contribution < 1.29 is 14.3 Å². The van der Waals surface area contributed by atoms with Gasteiger partial charge in [-0.3, -0.25) is 4.79 Å². The Morgan fingerprint density at radius 2 is 1.55 bits per heavy atom. The number of carbonyl (C=O) groups is 1. The van der Waals surface area contributed by atoms with Crippen molar-refractivity contribution in [3.05, 3.63) is 66.2 Å². The zero-order valence-electron chi connectivity index (χ0n) is 15.9. The second-order valence-corrected chi connectivity index (χ2v) is 7.08. The molecule has 0 fully saturated rings. The highest BCUT2D eigenvalue weighted by molar-refractivity contribution is 7.99. The maximum atomic E-state index is 12.5. The number of benzene rings is 2. The van der Waals surface area contributed by atoms with Gasteiger partial charge in [0.05, 0.1) is 25.7 Å². The van der Waals surface area contributed by atoms with Crippen molar-refractivity contribution in [2.24, 2.45) is 0 Å². The highest BCUT2D eigenvalue weighted by atomic mass is 32.2. The van der Waals surface area contributed by atoms with Crippen LogP contribution in [-0.2, 0) is 0 Å². The normalized spacial score (nSPS) is 10.8. The van der Waals surface area contributed by atoms with Gasteiger partial charge >= 0.3 is 0 Å². The van der Waals surface area contributed by atoms with E-state index >= 15 is 0 Å². The van der Waals surface area contributed by atoms with Gasteiger partial charge in [0, 0.05) is 11.1 Å². The number of aromatic nitrogens is 4. The molecule has 0 amide bonds.